The molecule has 21 heavy (non-hydrogen) atoms. The van der Waals surface area contributed by atoms with E-state index in [0.717, 1.165) is 43.9 Å². The van der Waals surface area contributed by atoms with Crippen molar-refractivity contribution in [2.24, 2.45) is 5.73 Å². The summed E-state index contributed by atoms with van der Waals surface area (Å²) in [5, 5.41) is 0. The molecule has 4 heteroatoms. The summed E-state index contributed by atoms with van der Waals surface area (Å²) < 4.78 is 13.2. The molecule has 1 aliphatic heterocycles. The maximum Gasteiger partial charge on any atom is 0.123 e. The van der Waals surface area contributed by atoms with Crippen LogP contribution in [0.5, 0.6) is 0 Å². The van der Waals surface area contributed by atoms with Crippen LogP contribution in [0.3, 0.4) is 0 Å². The number of hydrogen-bond acceptors (Lipinski definition) is 3. The second-order valence-corrected chi connectivity index (χ2v) is 6.38. The second kappa shape index (κ2) is 6.69. The molecule has 2 rings (SSSR count). The minimum Gasteiger partial charge on any atom is -0.320 e. The van der Waals surface area contributed by atoms with Crippen LogP contribution in [0.1, 0.15) is 18.9 Å². The Morgan fingerprint density at radius 3 is 2.33 bits per heavy atom. The molecule has 0 aliphatic carbocycles. The number of hydrogen-bond donors (Lipinski definition) is 1. The van der Waals surface area contributed by atoms with E-state index >= 15 is 0 Å². The first-order chi connectivity index (χ1) is 9.89. The molecule has 0 aromatic heterocycles. The molecule has 1 fully saturated rings. The third kappa shape index (κ3) is 4.37. The highest BCUT2D eigenvalue weighted by molar-refractivity contribution is 5.27. The largest absolute Gasteiger partial charge is 0.320 e. The minimum absolute atomic E-state index is 0.226. The Balaban J connectivity index is 2.16. The number of halogens is 1. The minimum atomic E-state index is -0.505. The molecular formula is C17H26FN3. The molecule has 0 radical (unpaired) electrons. The third-order valence-corrected chi connectivity index (χ3v) is 4.14. The molecule has 3 nitrogen and oxygen atoms in total. The van der Waals surface area contributed by atoms with Crippen molar-refractivity contribution in [2.75, 3.05) is 39.8 Å². The van der Waals surface area contributed by atoms with Gasteiger partial charge in [0.2, 0.25) is 0 Å². The van der Waals surface area contributed by atoms with Crippen molar-refractivity contribution in [2.45, 2.75) is 18.9 Å². The smallest absolute Gasteiger partial charge is 0.123 e. The van der Waals surface area contributed by atoms with Crippen molar-refractivity contribution in [1.82, 2.24) is 9.80 Å². The van der Waals surface area contributed by atoms with Crippen LogP contribution in [0.25, 0.3) is 0 Å². The predicted molar refractivity (Wildman–Crippen MR) is 85.6 cm³/mol. The van der Waals surface area contributed by atoms with Crippen LogP contribution < -0.4 is 5.73 Å². The summed E-state index contributed by atoms with van der Waals surface area (Å²) in [7, 11) is 2.14. The van der Waals surface area contributed by atoms with Crippen LogP contribution in [0.15, 0.2) is 36.4 Å². The van der Waals surface area contributed by atoms with E-state index in [1.165, 1.54) is 12.1 Å². The summed E-state index contributed by atoms with van der Waals surface area (Å²) in [6, 6.07) is 6.57. The highest BCUT2D eigenvalue weighted by Crippen LogP contribution is 2.27. The zero-order valence-corrected chi connectivity index (χ0v) is 13.1. The summed E-state index contributed by atoms with van der Waals surface area (Å²) in [6.07, 6.45) is 0.713. The fraction of sp³-hybridized carbons (Fsp3) is 0.529. The molecule has 0 spiro atoms. The van der Waals surface area contributed by atoms with Crippen molar-refractivity contribution in [1.29, 1.82) is 0 Å². The van der Waals surface area contributed by atoms with E-state index in [0.29, 0.717) is 6.42 Å². The number of likely N-dealkylation sites (N-methyl/N-ethyl adjacent to an activating group) is 1. The quantitative estimate of drug-likeness (QED) is 0.844. The maximum absolute atomic E-state index is 13.2. The van der Waals surface area contributed by atoms with Gasteiger partial charge in [0, 0.05) is 32.7 Å². The van der Waals surface area contributed by atoms with Gasteiger partial charge in [0.15, 0.2) is 0 Å². The summed E-state index contributed by atoms with van der Waals surface area (Å²) >= 11 is 0. The third-order valence-electron chi connectivity index (χ3n) is 4.14. The van der Waals surface area contributed by atoms with Crippen molar-refractivity contribution in [3.05, 3.63) is 47.8 Å². The summed E-state index contributed by atoms with van der Waals surface area (Å²) in [5.74, 6) is -0.226. The van der Waals surface area contributed by atoms with Gasteiger partial charge < -0.3 is 10.6 Å². The van der Waals surface area contributed by atoms with Crippen LogP contribution in [0, 0.1) is 5.82 Å². The van der Waals surface area contributed by atoms with Gasteiger partial charge in [-0.15, -0.1) is 6.58 Å². The van der Waals surface area contributed by atoms with E-state index in [1.54, 1.807) is 12.1 Å². The van der Waals surface area contributed by atoms with Gasteiger partial charge in [-0.2, -0.15) is 0 Å². The number of piperazine rings is 1. The summed E-state index contributed by atoms with van der Waals surface area (Å²) in [4.78, 5) is 4.72. The van der Waals surface area contributed by atoms with Gasteiger partial charge in [0.1, 0.15) is 5.82 Å². The van der Waals surface area contributed by atoms with E-state index in [2.05, 4.69) is 23.4 Å². The van der Waals surface area contributed by atoms with Crippen LogP contribution in [0.2, 0.25) is 0 Å². The second-order valence-electron chi connectivity index (χ2n) is 6.38. The molecule has 1 aromatic rings. The first-order valence-electron chi connectivity index (χ1n) is 7.49. The van der Waals surface area contributed by atoms with Gasteiger partial charge in [0.25, 0.3) is 0 Å². The normalized spacial score (nSPS) is 20.2. The van der Waals surface area contributed by atoms with Gasteiger partial charge in [-0.1, -0.05) is 17.7 Å². The van der Waals surface area contributed by atoms with E-state index < -0.39 is 5.54 Å². The number of benzene rings is 1. The molecule has 1 unspecified atom stereocenters. The summed E-state index contributed by atoms with van der Waals surface area (Å²) in [5.41, 5.74) is 8.22. The van der Waals surface area contributed by atoms with Crippen LogP contribution >= 0.6 is 0 Å². The highest BCUT2D eigenvalue weighted by atomic mass is 19.1. The molecule has 1 aliphatic rings. The molecule has 0 saturated carbocycles. The average Bonchev–Trinajstić information content (AvgIpc) is 2.41. The lowest BCUT2D eigenvalue weighted by Gasteiger charge is -2.39. The Morgan fingerprint density at radius 2 is 1.81 bits per heavy atom. The Hall–Kier alpha value is -1.23. The van der Waals surface area contributed by atoms with Gasteiger partial charge in [-0.25, -0.2) is 4.39 Å². The Labute approximate surface area is 127 Å². The van der Waals surface area contributed by atoms with Crippen molar-refractivity contribution in [3.63, 3.8) is 0 Å². The number of nitrogens with two attached hydrogens (primary N) is 1. The monoisotopic (exact) mass is 291 g/mol. The summed E-state index contributed by atoms with van der Waals surface area (Å²) in [6.45, 7) is 10.9. The van der Waals surface area contributed by atoms with Crippen LogP contribution in [0.4, 0.5) is 4.39 Å². The molecule has 0 bridgehead atoms. The van der Waals surface area contributed by atoms with Crippen molar-refractivity contribution >= 4 is 0 Å². The van der Waals surface area contributed by atoms with Gasteiger partial charge >= 0.3 is 0 Å². The zero-order valence-electron chi connectivity index (χ0n) is 13.1. The first-order valence-corrected chi connectivity index (χ1v) is 7.49. The average molecular weight is 291 g/mol. The molecule has 1 aromatic carbocycles. The van der Waals surface area contributed by atoms with E-state index in [1.807, 2.05) is 6.92 Å². The Bertz CT molecular complexity index is 477. The molecule has 1 heterocycles. The van der Waals surface area contributed by atoms with E-state index in [-0.39, 0.29) is 5.82 Å². The fourth-order valence-corrected chi connectivity index (χ4v) is 2.97. The van der Waals surface area contributed by atoms with Gasteiger partial charge in [-0.05, 0) is 38.1 Å². The molecular weight excluding hydrogens is 265 g/mol. The highest BCUT2D eigenvalue weighted by Gasteiger charge is 2.31. The van der Waals surface area contributed by atoms with Crippen molar-refractivity contribution < 1.29 is 4.39 Å². The SMILES string of the molecule is C=C(C)CC(N)(CN1CCN(C)CC1)c1ccc(F)cc1. The molecule has 1 saturated heterocycles. The van der Waals surface area contributed by atoms with E-state index in [9.17, 15) is 4.39 Å². The predicted octanol–water partition coefficient (Wildman–Crippen LogP) is 2.19. The first kappa shape index (κ1) is 16.1. The van der Waals surface area contributed by atoms with E-state index in [4.69, 9.17) is 5.73 Å². The lowest BCUT2D eigenvalue weighted by molar-refractivity contribution is 0.125. The molecule has 1 atom stereocenters. The Kier molecular flexibility index (Phi) is 5.14. The van der Waals surface area contributed by atoms with Crippen LogP contribution in [-0.4, -0.2) is 49.6 Å². The maximum atomic E-state index is 13.2. The lowest BCUT2D eigenvalue weighted by atomic mass is 9.84. The van der Waals surface area contributed by atoms with Gasteiger partial charge in [-0.3, -0.25) is 4.90 Å². The molecule has 116 valence electrons. The molecule has 0 amide bonds. The molecule has 2 N–H and O–H groups in total. The fourth-order valence-electron chi connectivity index (χ4n) is 2.97. The van der Waals surface area contributed by atoms with Crippen molar-refractivity contribution in [3.8, 4) is 0 Å². The standard InChI is InChI=1S/C17H26FN3/c1-14(2)12-17(19,15-4-6-16(18)7-5-15)13-21-10-8-20(3)9-11-21/h4-7H,1,8-13,19H2,2-3H3. The zero-order chi connectivity index (χ0) is 15.5. The topological polar surface area (TPSA) is 32.5 Å². The van der Waals surface area contributed by atoms with Crippen LogP contribution in [-0.2, 0) is 5.54 Å². The number of nitrogens with zero attached hydrogens (tertiary/aromatic N) is 2. The Morgan fingerprint density at radius 1 is 1.24 bits per heavy atom. The lowest BCUT2D eigenvalue weighted by Crippen LogP contribution is -2.53. The number of rotatable bonds is 5. The van der Waals surface area contributed by atoms with Gasteiger partial charge in [0.05, 0.1) is 5.54 Å².